The molecule has 0 aromatic rings. The van der Waals surface area contributed by atoms with E-state index in [0.717, 1.165) is 39.0 Å². The first kappa shape index (κ1) is 15.4. The third kappa shape index (κ3) is 8.68. The zero-order valence-corrected chi connectivity index (χ0v) is 10.8. The first-order chi connectivity index (χ1) is 7.72. The highest BCUT2D eigenvalue weighted by Gasteiger charge is 2.11. The lowest BCUT2D eigenvalue weighted by Crippen LogP contribution is -2.36. The van der Waals surface area contributed by atoms with E-state index in [0.29, 0.717) is 6.61 Å². The predicted molar refractivity (Wildman–Crippen MR) is 64.4 cm³/mol. The van der Waals surface area contributed by atoms with Gasteiger partial charge in [-0.2, -0.15) is 0 Å². The molecular weight excluding hydrogens is 206 g/mol. The Kier molecular flexibility index (Phi) is 10.5. The molecule has 0 saturated carbocycles. The second-order valence-electron chi connectivity index (χ2n) is 3.75. The second-order valence-corrected chi connectivity index (χ2v) is 3.75. The van der Waals surface area contributed by atoms with Crippen molar-refractivity contribution in [1.82, 2.24) is 5.32 Å². The van der Waals surface area contributed by atoms with Gasteiger partial charge in [0, 0.05) is 13.2 Å². The summed E-state index contributed by atoms with van der Waals surface area (Å²) in [5.41, 5.74) is 0. The summed E-state index contributed by atoms with van der Waals surface area (Å²) in [5, 5.41) is 3.10. The van der Waals surface area contributed by atoms with E-state index in [-0.39, 0.29) is 12.0 Å². The summed E-state index contributed by atoms with van der Waals surface area (Å²) in [6.07, 6.45) is 3.21. The normalized spacial score (nSPS) is 12.4. The van der Waals surface area contributed by atoms with Gasteiger partial charge < -0.3 is 14.8 Å². The van der Waals surface area contributed by atoms with Crippen LogP contribution >= 0.6 is 0 Å². The van der Waals surface area contributed by atoms with Gasteiger partial charge in [-0.15, -0.1) is 0 Å². The summed E-state index contributed by atoms with van der Waals surface area (Å²) < 4.78 is 10.3. The van der Waals surface area contributed by atoms with Crippen LogP contribution in [0.5, 0.6) is 0 Å². The number of hydrogen-bond donors (Lipinski definition) is 1. The number of nitrogens with one attached hydrogen (secondary N) is 1. The van der Waals surface area contributed by atoms with Crippen molar-refractivity contribution in [3.8, 4) is 0 Å². The van der Waals surface area contributed by atoms with Gasteiger partial charge in [0.05, 0.1) is 6.61 Å². The maximum atomic E-state index is 11.2. The molecule has 1 N–H and O–H groups in total. The van der Waals surface area contributed by atoms with Crippen LogP contribution in [0.25, 0.3) is 0 Å². The SMILES string of the molecule is CCCCOCCCNC(C)C(=O)OCC. The smallest absolute Gasteiger partial charge is 0.322 e. The highest BCUT2D eigenvalue weighted by Crippen LogP contribution is 1.91. The Morgan fingerprint density at radius 3 is 2.56 bits per heavy atom. The molecule has 0 bridgehead atoms. The Labute approximate surface area is 98.7 Å². The van der Waals surface area contributed by atoms with E-state index in [2.05, 4.69) is 12.2 Å². The van der Waals surface area contributed by atoms with Crippen LogP contribution in [-0.2, 0) is 14.3 Å². The Morgan fingerprint density at radius 1 is 1.25 bits per heavy atom. The molecule has 0 amide bonds. The van der Waals surface area contributed by atoms with Gasteiger partial charge in [-0.3, -0.25) is 4.79 Å². The Balaban J connectivity index is 3.27. The number of carbonyl (C=O) groups is 1. The van der Waals surface area contributed by atoms with E-state index in [1.54, 1.807) is 0 Å². The topological polar surface area (TPSA) is 47.6 Å². The molecule has 0 fully saturated rings. The molecule has 0 aliphatic rings. The quantitative estimate of drug-likeness (QED) is 0.459. The third-order valence-electron chi connectivity index (χ3n) is 2.20. The maximum absolute atomic E-state index is 11.2. The van der Waals surface area contributed by atoms with Gasteiger partial charge in [0.15, 0.2) is 0 Å². The number of ether oxygens (including phenoxy) is 2. The van der Waals surface area contributed by atoms with Crippen molar-refractivity contribution in [2.75, 3.05) is 26.4 Å². The molecule has 96 valence electrons. The molecule has 0 aromatic carbocycles. The van der Waals surface area contributed by atoms with Crippen LogP contribution in [0.2, 0.25) is 0 Å². The van der Waals surface area contributed by atoms with Crippen molar-refractivity contribution in [3.05, 3.63) is 0 Å². The van der Waals surface area contributed by atoms with Crippen molar-refractivity contribution in [3.63, 3.8) is 0 Å². The van der Waals surface area contributed by atoms with Crippen molar-refractivity contribution in [2.24, 2.45) is 0 Å². The first-order valence-corrected chi connectivity index (χ1v) is 6.20. The van der Waals surface area contributed by atoms with E-state index in [9.17, 15) is 4.79 Å². The molecule has 0 aliphatic carbocycles. The summed E-state index contributed by atoms with van der Waals surface area (Å²) in [5.74, 6) is -0.186. The number of rotatable bonds is 10. The van der Waals surface area contributed by atoms with E-state index >= 15 is 0 Å². The largest absolute Gasteiger partial charge is 0.465 e. The van der Waals surface area contributed by atoms with Gasteiger partial charge in [0.2, 0.25) is 0 Å². The van der Waals surface area contributed by atoms with E-state index in [1.807, 2.05) is 13.8 Å². The van der Waals surface area contributed by atoms with Crippen LogP contribution in [0.4, 0.5) is 0 Å². The molecule has 1 unspecified atom stereocenters. The van der Waals surface area contributed by atoms with Crippen molar-refractivity contribution >= 4 is 5.97 Å². The molecule has 0 spiro atoms. The van der Waals surface area contributed by atoms with Crippen LogP contribution < -0.4 is 5.32 Å². The van der Waals surface area contributed by atoms with E-state index < -0.39 is 0 Å². The minimum absolute atomic E-state index is 0.186. The summed E-state index contributed by atoms with van der Waals surface area (Å²) in [4.78, 5) is 11.2. The lowest BCUT2D eigenvalue weighted by atomic mass is 10.3. The van der Waals surface area contributed by atoms with Gasteiger partial charge in [0.1, 0.15) is 6.04 Å². The minimum Gasteiger partial charge on any atom is -0.465 e. The van der Waals surface area contributed by atoms with Gasteiger partial charge in [0.25, 0.3) is 0 Å². The Morgan fingerprint density at radius 2 is 1.94 bits per heavy atom. The Hall–Kier alpha value is -0.610. The lowest BCUT2D eigenvalue weighted by molar-refractivity contribution is -0.145. The molecule has 4 nitrogen and oxygen atoms in total. The van der Waals surface area contributed by atoms with Crippen LogP contribution in [0.1, 0.15) is 40.0 Å². The lowest BCUT2D eigenvalue weighted by Gasteiger charge is -2.12. The average Bonchev–Trinajstić information content (AvgIpc) is 2.28. The Bertz CT molecular complexity index is 174. The molecule has 0 radical (unpaired) electrons. The van der Waals surface area contributed by atoms with Crippen LogP contribution in [-0.4, -0.2) is 38.4 Å². The highest BCUT2D eigenvalue weighted by molar-refractivity contribution is 5.75. The molecule has 4 heteroatoms. The molecule has 0 aromatic heterocycles. The highest BCUT2D eigenvalue weighted by atomic mass is 16.5. The van der Waals surface area contributed by atoms with Gasteiger partial charge in [-0.25, -0.2) is 0 Å². The zero-order valence-electron chi connectivity index (χ0n) is 10.8. The average molecular weight is 231 g/mol. The fraction of sp³-hybridized carbons (Fsp3) is 0.917. The third-order valence-corrected chi connectivity index (χ3v) is 2.20. The van der Waals surface area contributed by atoms with E-state index in [1.165, 1.54) is 0 Å². The zero-order chi connectivity index (χ0) is 12.2. The maximum Gasteiger partial charge on any atom is 0.322 e. The first-order valence-electron chi connectivity index (χ1n) is 6.20. The van der Waals surface area contributed by atoms with Crippen molar-refractivity contribution in [2.45, 2.75) is 46.1 Å². The fourth-order valence-electron chi connectivity index (χ4n) is 1.19. The van der Waals surface area contributed by atoms with Gasteiger partial charge >= 0.3 is 5.97 Å². The molecule has 16 heavy (non-hydrogen) atoms. The second kappa shape index (κ2) is 10.9. The standard InChI is InChI=1S/C12H25NO3/c1-4-6-9-15-10-7-8-13-11(3)12(14)16-5-2/h11,13H,4-10H2,1-3H3. The molecule has 0 aliphatic heterocycles. The number of unbranched alkanes of at least 4 members (excludes halogenated alkanes) is 1. The predicted octanol–water partition coefficient (Wildman–Crippen LogP) is 1.73. The van der Waals surface area contributed by atoms with E-state index in [4.69, 9.17) is 9.47 Å². The van der Waals surface area contributed by atoms with Crippen LogP contribution in [0, 0.1) is 0 Å². The summed E-state index contributed by atoms with van der Waals surface area (Å²) in [6, 6.07) is -0.226. The monoisotopic (exact) mass is 231 g/mol. The number of carbonyl (C=O) groups excluding carboxylic acids is 1. The fourth-order valence-corrected chi connectivity index (χ4v) is 1.19. The molecule has 0 rings (SSSR count). The van der Waals surface area contributed by atoms with Crippen LogP contribution in [0.3, 0.4) is 0 Å². The molecule has 1 atom stereocenters. The van der Waals surface area contributed by atoms with Gasteiger partial charge in [-0.05, 0) is 33.2 Å². The number of esters is 1. The van der Waals surface area contributed by atoms with Gasteiger partial charge in [-0.1, -0.05) is 13.3 Å². The molecule has 0 saturated heterocycles. The van der Waals surface area contributed by atoms with Crippen molar-refractivity contribution < 1.29 is 14.3 Å². The number of hydrogen-bond acceptors (Lipinski definition) is 4. The summed E-state index contributed by atoms with van der Waals surface area (Å²) in [7, 11) is 0. The molecular formula is C12H25NO3. The minimum atomic E-state index is -0.226. The summed E-state index contributed by atoms with van der Waals surface area (Å²) >= 11 is 0. The summed E-state index contributed by atoms with van der Waals surface area (Å²) in [6.45, 7) is 8.58. The van der Waals surface area contributed by atoms with Crippen molar-refractivity contribution in [1.29, 1.82) is 0 Å². The van der Waals surface area contributed by atoms with Crippen LogP contribution in [0.15, 0.2) is 0 Å². The molecule has 0 heterocycles.